The van der Waals surface area contributed by atoms with E-state index in [0.29, 0.717) is 17.9 Å². The molecule has 1 N–H and O–H groups in total. The molecule has 0 aromatic carbocycles. The number of aromatic nitrogens is 2. The molecule has 0 unspecified atom stereocenters. The van der Waals surface area contributed by atoms with Gasteiger partial charge < -0.3 is 10.0 Å². The molecule has 0 aliphatic heterocycles. The Hall–Kier alpha value is -2.16. The van der Waals surface area contributed by atoms with Crippen LogP contribution in [0.25, 0.3) is 0 Å². The largest absolute Gasteiger partial charge is 0.480 e. The van der Waals surface area contributed by atoms with Gasteiger partial charge in [0.25, 0.3) is 0 Å². The molecular formula is C11H14N4O2. The summed E-state index contributed by atoms with van der Waals surface area (Å²) in [6, 6.07) is 3.51. The third-order valence-electron chi connectivity index (χ3n) is 2.03. The second kappa shape index (κ2) is 5.80. The molecule has 0 fully saturated rings. The number of nitriles is 1. The van der Waals surface area contributed by atoms with Crippen molar-refractivity contribution in [3.8, 4) is 6.07 Å². The average Bonchev–Trinajstić information content (AvgIpc) is 2.27. The van der Waals surface area contributed by atoms with Crippen molar-refractivity contribution in [1.29, 1.82) is 5.26 Å². The van der Waals surface area contributed by atoms with Gasteiger partial charge in [-0.25, -0.2) is 0 Å². The molecule has 0 saturated heterocycles. The summed E-state index contributed by atoms with van der Waals surface area (Å²) in [6.07, 6.45) is 1.41. The van der Waals surface area contributed by atoms with Crippen LogP contribution in [-0.2, 0) is 4.79 Å². The SMILES string of the molecule is CC(C)CN(CC(=O)O)c1nnccc1C#N. The number of carboxylic acids is 1. The lowest BCUT2D eigenvalue weighted by atomic mass is 10.2. The summed E-state index contributed by atoms with van der Waals surface area (Å²) in [6.45, 7) is 4.26. The van der Waals surface area contributed by atoms with Gasteiger partial charge in [-0.3, -0.25) is 4.79 Å². The van der Waals surface area contributed by atoms with Gasteiger partial charge in [0.05, 0.1) is 11.8 Å². The highest BCUT2D eigenvalue weighted by Gasteiger charge is 2.17. The molecule has 0 amide bonds. The Balaban J connectivity index is 3.03. The van der Waals surface area contributed by atoms with E-state index in [0.717, 1.165) is 0 Å². The Kier molecular flexibility index (Phi) is 4.40. The van der Waals surface area contributed by atoms with Crippen molar-refractivity contribution in [1.82, 2.24) is 10.2 Å². The molecule has 6 heteroatoms. The van der Waals surface area contributed by atoms with E-state index in [2.05, 4.69) is 10.2 Å². The molecule has 0 atom stereocenters. The number of hydrogen-bond acceptors (Lipinski definition) is 5. The topological polar surface area (TPSA) is 90.1 Å². The second-order valence-electron chi connectivity index (χ2n) is 4.05. The van der Waals surface area contributed by atoms with Crippen LogP contribution in [0.4, 0.5) is 5.82 Å². The number of rotatable bonds is 5. The standard InChI is InChI=1S/C11H14N4O2/c1-8(2)6-15(7-10(16)17)11-9(5-12)3-4-13-14-11/h3-4,8H,6-7H2,1-2H3,(H,16,17). The Morgan fingerprint density at radius 1 is 1.65 bits per heavy atom. The number of carboxylic acid groups (broad SMARTS) is 1. The Labute approximate surface area is 99.5 Å². The highest BCUT2D eigenvalue weighted by atomic mass is 16.4. The van der Waals surface area contributed by atoms with Gasteiger partial charge in [-0.1, -0.05) is 13.8 Å². The minimum Gasteiger partial charge on any atom is -0.480 e. The zero-order valence-electron chi connectivity index (χ0n) is 9.79. The summed E-state index contributed by atoms with van der Waals surface area (Å²) in [7, 11) is 0. The molecule has 0 saturated carbocycles. The fourth-order valence-electron chi connectivity index (χ4n) is 1.48. The predicted molar refractivity (Wildman–Crippen MR) is 61.4 cm³/mol. The molecule has 1 aromatic rings. The van der Waals surface area contributed by atoms with Gasteiger partial charge in [0.15, 0.2) is 5.82 Å². The van der Waals surface area contributed by atoms with E-state index in [-0.39, 0.29) is 12.5 Å². The quantitative estimate of drug-likeness (QED) is 0.813. The van der Waals surface area contributed by atoms with Gasteiger partial charge in [-0.2, -0.15) is 10.4 Å². The summed E-state index contributed by atoms with van der Waals surface area (Å²) in [5.74, 6) is -0.366. The van der Waals surface area contributed by atoms with E-state index in [9.17, 15) is 4.79 Å². The maximum Gasteiger partial charge on any atom is 0.323 e. The first-order valence-electron chi connectivity index (χ1n) is 5.23. The van der Waals surface area contributed by atoms with Crippen LogP contribution in [0.5, 0.6) is 0 Å². The van der Waals surface area contributed by atoms with Gasteiger partial charge in [0.1, 0.15) is 12.6 Å². The van der Waals surface area contributed by atoms with Crippen molar-refractivity contribution in [2.24, 2.45) is 5.92 Å². The number of anilines is 1. The van der Waals surface area contributed by atoms with E-state index >= 15 is 0 Å². The molecular weight excluding hydrogens is 220 g/mol. The summed E-state index contributed by atoms with van der Waals surface area (Å²) < 4.78 is 0. The first kappa shape index (κ1) is 12.9. The van der Waals surface area contributed by atoms with E-state index in [1.807, 2.05) is 19.9 Å². The first-order valence-corrected chi connectivity index (χ1v) is 5.23. The third-order valence-corrected chi connectivity index (χ3v) is 2.03. The van der Waals surface area contributed by atoms with E-state index in [4.69, 9.17) is 10.4 Å². The lowest BCUT2D eigenvalue weighted by Crippen LogP contribution is -2.34. The molecule has 1 rings (SSSR count). The average molecular weight is 234 g/mol. The zero-order valence-corrected chi connectivity index (χ0v) is 9.79. The fourth-order valence-corrected chi connectivity index (χ4v) is 1.48. The smallest absolute Gasteiger partial charge is 0.323 e. The van der Waals surface area contributed by atoms with Crippen LogP contribution in [0.15, 0.2) is 12.3 Å². The predicted octanol–water partition coefficient (Wildman–Crippen LogP) is 0.895. The summed E-state index contributed by atoms with van der Waals surface area (Å²) in [5, 5.41) is 25.3. The molecule has 0 aliphatic carbocycles. The fraction of sp³-hybridized carbons (Fsp3) is 0.455. The Bertz CT molecular complexity index is 439. The summed E-state index contributed by atoms with van der Waals surface area (Å²) in [4.78, 5) is 12.3. The molecule has 0 spiro atoms. The van der Waals surface area contributed by atoms with Crippen molar-refractivity contribution in [2.45, 2.75) is 13.8 Å². The van der Waals surface area contributed by atoms with Crippen molar-refractivity contribution in [3.63, 3.8) is 0 Å². The molecule has 0 radical (unpaired) electrons. The van der Waals surface area contributed by atoms with Crippen LogP contribution >= 0.6 is 0 Å². The molecule has 17 heavy (non-hydrogen) atoms. The molecule has 1 aromatic heterocycles. The number of hydrogen-bond donors (Lipinski definition) is 1. The number of aliphatic carboxylic acids is 1. The van der Waals surface area contributed by atoms with Crippen LogP contribution in [0.1, 0.15) is 19.4 Å². The van der Waals surface area contributed by atoms with Gasteiger partial charge in [-0.15, -0.1) is 5.10 Å². The Morgan fingerprint density at radius 3 is 2.88 bits per heavy atom. The summed E-state index contributed by atoms with van der Waals surface area (Å²) >= 11 is 0. The monoisotopic (exact) mass is 234 g/mol. The van der Waals surface area contributed by atoms with Gasteiger partial charge in [0, 0.05) is 6.54 Å². The van der Waals surface area contributed by atoms with E-state index in [1.54, 1.807) is 4.90 Å². The lowest BCUT2D eigenvalue weighted by molar-refractivity contribution is -0.135. The van der Waals surface area contributed by atoms with Gasteiger partial charge in [0.2, 0.25) is 0 Å². The first-order chi connectivity index (χ1) is 8.04. The van der Waals surface area contributed by atoms with Crippen LogP contribution in [-0.4, -0.2) is 34.4 Å². The van der Waals surface area contributed by atoms with Crippen LogP contribution in [0.2, 0.25) is 0 Å². The van der Waals surface area contributed by atoms with E-state index < -0.39 is 5.97 Å². The van der Waals surface area contributed by atoms with Gasteiger partial charge >= 0.3 is 5.97 Å². The minimum absolute atomic E-state index is 0.189. The van der Waals surface area contributed by atoms with Crippen LogP contribution < -0.4 is 4.90 Å². The Morgan fingerprint density at radius 2 is 2.35 bits per heavy atom. The maximum absolute atomic E-state index is 10.8. The molecule has 0 aliphatic rings. The van der Waals surface area contributed by atoms with Crippen LogP contribution in [0.3, 0.4) is 0 Å². The summed E-state index contributed by atoms with van der Waals surface area (Å²) in [5.41, 5.74) is 0.335. The molecule has 0 bridgehead atoms. The van der Waals surface area contributed by atoms with Crippen molar-refractivity contribution in [2.75, 3.05) is 18.0 Å². The highest BCUT2D eigenvalue weighted by Crippen LogP contribution is 2.16. The maximum atomic E-state index is 10.8. The van der Waals surface area contributed by atoms with Crippen molar-refractivity contribution in [3.05, 3.63) is 17.8 Å². The second-order valence-corrected chi connectivity index (χ2v) is 4.05. The number of nitrogens with zero attached hydrogens (tertiary/aromatic N) is 4. The van der Waals surface area contributed by atoms with E-state index in [1.165, 1.54) is 12.3 Å². The normalized spacial score (nSPS) is 10.0. The molecule has 6 nitrogen and oxygen atoms in total. The number of carbonyl (C=O) groups is 1. The van der Waals surface area contributed by atoms with Gasteiger partial charge in [-0.05, 0) is 12.0 Å². The third kappa shape index (κ3) is 3.72. The highest BCUT2D eigenvalue weighted by molar-refractivity contribution is 5.74. The molecule has 90 valence electrons. The zero-order chi connectivity index (χ0) is 12.8. The molecule has 1 heterocycles. The minimum atomic E-state index is -0.958. The lowest BCUT2D eigenvalue weighted by Gasteiger charge is -2.23. The van der Waals surface area contributed by atoms with Crippen molar-refractivity contribution < 1.29 is 9.90 Å². The van der Waals surface area contributed by atoms with Crippen molar-refractivity contribution >= 4 is 11.8 Å². The van der Waals surface area contributed by atoms with Crippen LogP contribution in [0, 0.1) is 17.2 Å².